The van der Waals surface area contributed by atoms with E-state index >= 15 is 0 Å². The summed E-state index contributed by atoms with van der Waals surface area (Å²) in [7, 11) is 1.61. The Morgan fingerprint density at radius 3 is 2.88 bits per heavy atom. The molecule has 24 heavy (non-hydrogen) atoms. The van der Waals surface area contributed by atoms with Gasteiger partial charge in [-0.2, -0.15) is 0 Å². The minimum atomic E-state index is -0.352. The first kappa shape index (κ1) is 16.1. The summed E-state index contributed by atoms with van der Waals surface area (Å²) in [6, 6.07) is 9.26. The maximum Gasteiger partial charge on any atom is 0.251 e. The normalized spacial score (nSPS) is 10.6. The van der Waals surface area contributed by atoms with Gasteiger partial charge in [0.2, 0.25) is 0 Å². The van der Waals surface area contributed by atoms with Crippen LogP contribution in [0.2, 0.25) is 0 Å². The summed E-state index contributed by atoms with van der Waals surface area (Å²) in [5.74, 6) is -0.686. The van der Waals surface area contributed by atoms with Crippen molar-refractivity contribution in [2.45, 2.75) is 6.54 Å². The summed E-state index contributed by atoms with van der Waals surface area (Å²) in [6.07, 6.45) is 1.54. The van der Waals surface area contributed by atoms with E-state index in [4.69, 9.17) is 0 Å². The van der Waals surface area contributed by atoms with Crippen molar-refractivity contribution >= 4 is 17.2 Å². The second-order valence-electron chi connectivity index (χ2n) is 5.15. The van der Waals surface area contributed by atoms with Crippen LogP contribution >= 0.6 is 11.3 Å². The Bertz CT molecular complexity index is 949. The molecule has 0 spiro atoms. The van der Waals surface area contributed by atoms with Gasteiger partial charge in [-0.25, -0.2) is 9.37 Å². The molecule has 1 aromatic carbocycles. The van der Waals surface area contributed by atoms with E-state index in [0.717, 1.165) is 0 Å². The predicted molar refractivity (Wildman–Crippen MR) is 90.4 cm³/mol. The SMILES string of the molecule is Cn1ccc(C(=O)NCc2nc(-c3ccccc3F)cs2)cc1=O. The first-order valence-corrected chi connectivity index (χ1v) is 8.07. The van der Waals surface area contributed by atoms with Gasteiger partial charge in [-0.15, -0.1) is 11.3 Å². The first-order valence-electron chi connectivity index (χ1n) is 7.19. The number of carbonyl (C=O) groups excluding carboxylic acids is 1. The van der Waals surface area contributed by atoms with Crippen molar-refractivity contribution in [3.63, 3.8) is 0 Å². The minimum absolute atomic E-state index is 0.215. The fraction of sp³-hybridized carbons (Fsp3) is 0.118. The number of amides is 1. The number of thiazole rings is 1. The van der Waals surface area contributed by atoms with Crippen LogP contribution in [0.15, 0.2) is 52.8 Å². The molecule has 0 aliphatic carbocycles. The Morgan fingerprint density at radius 2 is 2.12 bits per heavy atom. The standard InChI is InChI=1S/C17H14FN3O2S/c1-21-7-6-11(8-16(21)22)17(23)19-9-15-20-14(10-24-15)12-4-2-3-5-13(12)18/h2-8,10H,9H2,1H3,(H,19,23). The number of pyridine rings is 1. The molecule has 0 fully saturated rings. The van der Waals surface area contributed by atoms with Crippen LogP contribution in [-0.4, -0.2) is 15.5 Å². The highest BCUT2D eigenvalue weighted by molar-refractivity contribution is 7.09. The molecular formula is C17H14FN3O2S. The van der Waals surface area contributed by atoms with Crippen molar-refractivity contribution in [3.8, 4) is 11.3 Å². The molecule has 3 aromatic rings. The van der Waals surface area contributed by atoms with Crippen LogP contribution < -0.4 is 10.9 Å². The molecule has 0 saturated heterocycles. The summed E-state index contributed by atoms with van der Waals surface area (Å²) in [6.45, 7) is 0.215. The fourth-order valence-electron chi connectivity index (χ4n) is 2.13. The van der Waals surface area contributed by atoms with Gasteiger partial charge in [-0.1, -0.05) is 12.1 Å². The zero-order valence-corrected chi connectivity index (χ0v) is 13.6. The number of benzene rings is 1. The summed E-state index contributed by atoms with van der Waals surface area (Å²) < 4.78 is 15.1. The molecule has 2 heterocycles. The van der Waals surface area contributed by atoms with Crippen molar-refractivity contribution in [1.29, 1.82) is 0 Å². The Kier molecular flexibility index (Phi) is 4.52. The molecular weight excluding hydrogens is 329 g/mol. The van der Waals surface area contributed by atoms with E-state index in [9.17, 15) is 14.0 Å². The van der Waals surface area contributed by atoms with Gasteiger partial charge in [0, 0.05) is 35.8 Å². The fourth-order valence-corrected chi connectivity index (χ4v) is 2.87. The maximum atomic E-state index is 13.8. The maximum absolute atomic E-state index is 13.8. The Hall–Kier alpha value is -2.80. The lowest BCUT2D eigenvalue weighted by Crippen LogP contribution is -2.25. The summed E-state index contributed by atoms with van der Waals surface area (Å²) in [5, 5.41) is 5.11. The number of hydrogen-bond acceptors (Lipinski definition) is 4. The average Bonchev–Trinajstić information content (AvgIpc) is 3.04. The van der Waals surface area contributed by atoms with Gasteiger partial charge in [-0.3, -0.25) is 9.59 Å². The average molecular weight is 343 g/mol. The van der Waals surface area contributed by atoms with Crippen LogP contribution in [0.3, 0.4) is 0 Å². The van der Waals surface area contributed by atoms with Crippen molar-refractivity contribution in [2.24, 2.45) is 7.05 Å². The quantitative estimate of drug-likeness (QED) is 0.792. The second-order valence-corrected chi connectivity index (χ2v) is 6.10. The summed E-state index contributed by atoms with van der Waals surface area (Å²) in [5.41, 5.74) is 1.01. The molecule has 3 rings (SSSR count). The first-order chi connectivity index (χ1) is 11.5. The van der Waals surface area contributed by atoms with Crippen LogP contribution in [0.4, 0.5) is 4.39 Å². The lowest BCUT2D eigenvalue weighted by Gasteiger charge is -2.04. The number of carbonyl (C=O) groups is 1. The molecule has 0 aliphatic rings. The zero-order chi connectivity index (χ0) is 17.1. The molecule has 0 radical (unpaired) electrons. The lowest BCUT2D eigenvalue weighted by atomic mass is 10.2. The van der Waals surface area contributed by atoms with Crippen LogP contribution in [0.5, 0.6) is 0 Å². The van der Waals surface area contributed by atoms with Gasteiger partial charge in [-0.05, 0) is 18.2 Å². The highest BCUT2D eigenvalue weighted by Gasteiger charge is 2.11. The molecule has 1 N–H and O–H groups in total. The summed E-state index contributed by atoms with van der Waals surface area (Å²) >= 11 is 1.34. The van der Waals surface area contributed by atoms with Gasteiger partial charge in [0.05, 0.1) is 12.2 Å². The molecule has 122 valence electrons. The largest absolute Gasteiger partial charge is 0.346 e. The Morgan fingerprint density at radius 1 is 1.33 bits per heavy atom. The van der Waals surface area contributed by atoms with Gasteiger partial charge < -0.3 is 9.88 Å². The van der Waals surface area contributed by atoms with Crippen LogP contribution in [0.25, 0.3) is 11.3 Å². The van der Waals surface area contributed by atoms with E-state index in [2.05, 4.69) is 10.3 Å². The van der Waals surface area contributed by atoms with Gasteiger partial charge in [0.15, 0.2) is 0 Å². The highest BCUT2D eigenvalue weighted by Crippen LogP contribution is 2.24. The van der Waals surface area contributed by atoms with E-state index < -0.39 is 0 Å². The van der Waals surface area contributed by atoms with Crippen molar-refractivity contribution in [2.75, 3.05) is 0 Å². The van der Waals surface area contributed by atoms with E-state index in [0.29, 0.717) is 21.8 Å². The minimum Gasteiger partial charge on any atom is -0.346 e. The van der Waals surface area contributed by atoms with E-state index in [1.54, 1.807) is 36.7 Å². The number of aryl methyl sites for hydroxylation is 1. The topological polar surface area (TPSA) is 64.0 Å². The third kappa shape index (κ3) is 3.41. The molecule has 0 unspecified atom stereocenters. The second kappa shape index (κ2) is 6.76. The molecule has 0 atom stereocenters. The van der Waals surface area contributed by atoms with Crippen molar-refractivity contribution in [1.82, 2.24) is 14.9 Å². The van der Waals surface area contributed by atoms with Gasteiger partial charge in [0.25, 0.3) is 11.5 Å². The monoisotopic (exact) mass is 343 g/mol. The van der Waals surface area contributed by atoms with Crippen LogP contribution in [-0.2, 0) is 13.6 Å². The molecule has 0 saturated carbocycles. The van der Waals surface area contributed by atoms with E-state index in [1.807, 2.05) is 0 Å². The highest BCUT2D eigenvalue weighted by atomic mass is 32.1. The van der Waals surface area contributed by atoms with Crippen molar-refractivity contribution in [3.05, 3.63) is 74.7 Å². The van der Waals surface area contributed by atoms with E-state index in [-0.39, 0.29) is 23.8 Å². The number of nitrogens with one attached hydrogen (secondary N) is 1. The third-order valence-electron chi connectivity index (χ3n) is 3.47. The smallest absolute Gasteiger partial charge is 0.251 e. The van der Waals surface area contributed by atoms with Crippen molar-refractivity contribution < 1.29 is 9.18 Å². The number of hydrogen-bond donors (Lipinski definition) is 1. The molecule has 5 nitrogen and oxygen atoms in total. The van der Waals surface area contributed by atoms with Crippen LogP contribution in [0, 0.1) is 5.82 Å². The van der Waals surface area contributed by atoms with E-state index in [1.165, 1.54) is 34.2 Å². The number of nitrogens with zero attached hydrogens (tertiary/aromatic N) is 2. The molecule has 1 amide bonds. The van der Waals surface area contributed by atoms with Gasteiger partial charge in [0.1, 0.15) is 10.8 Å². The number of aromatic nitrogens is 2. The Balaban J connectivity index is 1.69. The van der Waals surface area contributed by atoms with Gasteiger partial charge >= 0.3 is 0 Å². The van der Waals surface area contributed by atoms with Crippen LogP contribution in [0.1, 0.15) is 15.4 Å². The molecule has 0 bridgehead atoms. The Labute approximate surface area is 141 Å². The summed E-state index contributed by atoms with van der Waals surface area (Å²) in [4.78, 5) is 28.0. The predicted octanol–water partition coefficient (Wildman–Crippen LogP) is 2.58. The number of rotatable bonds is 4. The number of halogens is 1. The molecule has 7 heteroatoms. The lowest BCUT2D eigenvalue weighted by molar-refractivity contribution is 0.0950. The molecule has 0 aliphatic heterocycles. The zero-order valence-electron chi connectivity index (χ0n) is 12.8. The molecule has 2 aromatic heterocycles. The third-order valence-corrected chi connectivity index (χ3v) is 4.32.